The van der Waals surface area contributed by atoms with E-state index in [0.29, 0.717) is 37.3 Å². The summed E-state index contributed by atoms with van der Waals surface area (Å²) < 4.78 is 14.0. The van der Waals surface area contributed by atoms with Gasteiger partial charge in [-0.3, -0.25) is 14.6 Å². The van der Waals surface area contributed by atoms with Gasteiger partial charge >= 0.3 is 0 Å². The molecule has 0 saturated carbocycles. The zero-order chi connectivity index (χ0) is 18.9. The number of halogens is 1. The summed E-state index contributed by atoms with van der Waals surface area (Å²) in [6.45, 7) is 1.87. The lowest BCUT2D eigenvalue weighted by Gasteiger charge is -2.39. The van der Waals surface area contributed by atoms with Crippen LogP contribution in [0.2, 0.25) is 0 Å². The zero-order valence-electron chi connectivity index (χ0n) is 15.1. The van der Waals surface area contributed by atoms with Crippen LogP contribution in [-0.2, 0) is 11.3 Å². The number of nitrogens with zero attached hydrogens (tertiary/aromatic N) is 3. The Kier molecular flexibility index (Phi) is 4.64. The van der Waals surface area contributed by atoms with Gasteiger partial charge in [0.2, 0.25) is 5.91 Å². The highest BCUT2D eigenvalue weighted by molar-refractivity contribution is 5.93. The smallest absolute Gasteiger partial charge is 0.272 e. The second-order valence-corrected chi connectivity index (χ2v) is 7.39. The van der Waals surface area contributed by atoms with E-state index in [1.54, 1.807) is 52.4 Å². The van der Waals surface area contributed by atoms with Gasteiger partial charge in [-0.25, -0.2) is 4.39 Å². The van der Waals surface area contributed by atoms with Crippen LogP contribution in [0.25, 0.3) is 0 Å². The van der Waals surface area contributed by atoms with Crippen molar-refractivity contribution in [3.05, 3.63) is 65.7 Å². The van der Waals surface area contributed by atoms with Crippen LogP contribution in [0.3, 0.4) is 0 Å². The van der Waals surface area contributed by atoms with Crippen LogP contribution < -0.4 is 0 Å². The maximum atomic E-state index is 14.0. The predicted octanol–water partition coefficient (Wildman–Crippen LogP) is 2.88. The first-order chi connectivity index (χ1) is 13.1. The highest BCUT2D eigenvalue weighted by atomic mass is 19.1. The van der Waals surface area contributed by atoms with Gasteiger partial charge in [0.05, 0.1) is 5.41 Å². The fraction of sp³-hybridized carbons (Fsp3) is 0.381. The Labute approximate surface area is 157 Å². The quantitative estimate of drug-likeness (QED) is 0.838. The predicted molar refractivity (Wildman–Crippen MR) is 98.2 cm³/mol. The number of likely N-dealkylation sites (tertiary alicyclic amines) is 2. The van der Waals surface area contributed by atoms with E-state index in [4.69, 9.17) is 0 Å². The van der Waals surface area contributed by atoms with E-state index in [-0.39, 0.29) is 24.2 Å². The molecule has 5 nitrogen and oxygen atoms in total. The van der Waals surface area contributed by atoms with E-state index < -0.39 is 5.41 Å². The van der Waals surface area contributed by atoms with Crippen molar-refractivity contribution < 1.29 is 14.0 Å². The molecule has 4 rings (SSSR count). The van der Waals surface area contributed by atoms with Crippen molar-refractivity contribution in [1.29, 1.82) is 0 Å². The van der Waals surface area contributed by atoms with Crippen molar-refractivity contribution in [2.45, 2.75) is 25.8 Å². The SMILES string of the molecule is O=C(c1ccccn1)N1CC[C@]2(CCCN(Cc3ccccc3F)C2=O)C1. The molecule has 27 heavy (non-hydrogen) atoms. The molecule has 2 aliphatic heterocycles. The molecule has 2 amide bonds. The maximum Gasteiger partial charge on any atom is 0.272 e. The number of rotatable bonds is 3. The number of amides is 2. The standard InChI is InChI=1S/C21H22FN3O2/c22-17-7-2-1-6-16(17)14-24-12-5-9-21(20(24)27)10-13-25(15-21)19(26)18-8-3-4-11-23-18/h1-4,6-8,11H,5,9-10,12-15H2/t21-/m1/s1. The van der Waals surface area contributed by atoms with Crippen LogP contribution in [0.15, 0.2) is 48.7 Å². The Morgan fingerprint density at radius 2 is 1.93 bits per heavy atom. The topological polar surface area (TPSA) is 53.5 Å². The van der Waals surface area contributed by atoms with E-state index >= 15 is 0 Å². The van der Waals surface area contributed by atoms with E-state index in [1.165, 1.54) is 6.07 Å². The molecule has 1 spiro atoms. The lowest BCUT2D eigenvalue weighted by Crippen LogP contribution is -2.50. The van der Waals surface area contributed by atoms with Gasteiger partial charge < -0.3 is 9.80 Å². The molecule has 0 bridgehead atoms. The van der Waals surface area contributed by atoms with Crippen LogP contribution >= 0.6 is 0 Å². The van der Waals surface area contributed by atoms with Crippen LogP contribution in [0, 0.1) is 11.2 Å². The van der Waals surface area contributed by atoms with Gasteiger partial charge in [-0.05, 0) is 37.5 Å². The summed E-state index contributed by atoms with van der Waals surface area (Å²) in [5.74, 6) is -0.386. The molecule has 2 aliphatic rings. The summed E-state index contributed by atoms with van der Waals surface area (Å²) in [5.41, 5.74) is 0.386. The number of hydrogen-bond donors (Lipinski definition) is 0. The minimum Gasteiger partial charge on any atom is -0.338 e. The van der Waals surface area contributed by atoms with Crippen LogP contribution in [0.4, 0.5) is 4.39 Å². The highest BCUT2D eigenvalue weighted by Crippen LogP contribution is 2.40. The largest absolute Gasteiger partial charge is 0.338 e. The van der Waals surface area contributed by atoms with Crippen molar-refractivity contribution in [3.63, 3.8) is 0 Å². The number of piperidine rings is 1. The molecule has 3 heterocycles. The summed E-state index contributed by atoms with van der Waals surface area (Å²) in [6.07, 6.45) is 3.89. The third-order valence-corrected chi connectivity index (χ3v) is 5.67. The Morgan fingerprint density at radius 3 is 2.70 bits per heavy atom. The molecule has 6 heteroatoms. The number of benzene rings is 1. The van der Waals surface area contributed by atoms with Crippen molar-refractivity contribution in [1.82, 2.24) is 14.8 Å². The van der Waals surface area contributed by atoms with Crippen LogP contribution in [-0.4, -0.2) is 46.2 Å². The Hall–Kier alpha value is -2.76. The minimum atomic E-state index is -0.548. The van der Waals surface area contributed by atoms with Crippen molar-refractivity contribution in [2.24, 2.45) is 5.41 Å². The lowest BCUT2D eigenvalue weighted by molar-refractivity contribution is -0.146. The molecule has 2 saturated heterocycles. The van der Waals surface area contributed by atoms with Crippen LogP contribution in [0.5, 0.6) is 0 Å². The fourth-order valence-corrected chi connectivity index (χ4v) is 4.21. The van der Waals surface area contributed by atoms with Crippen molar-refractivity contribution >= 4 is 11.8 Å². The first-order valence-electron chi connectivity index (χ1n) is 9.32. The fourth-order valence-electron chi connectivity index (χ4n) is 4.21. The second kappa shape index (κ2) is 7.10. The normalized spacial score (nSPS) is 22.5. The Bertz CT molecular complexity index is 858. The van der Waals surface area contributed by atoms with Crippen molar-refractivity contribution in [2.75, 3.05) is 19.6 Å². The van der Waals surface area contributed by atoms with E-state index in [2.05, 4.69) is 4.98 Å². The van der Waals surface area contributed by atoms with E-state index in [0.717, 1.165) is 12.8 Å². The van der Waals surface area contributed by atoms with Gasteiger partial charge in [0.25, 0.3) is 5.91 Å². The molecule has 2 fully saturated rings. The third-order valence-electron chi connectivity index (χ3n) is 5.67. The first kappa shape index (κ1) is 17.6. The maximum absolute atomic E-state index is 14.0. The molecular formula is C21H22FN3O2. The molecule has 1 aromatic carbocycles. The number of carbonyl (C=O) groups is 2. The summed E-state index contributed by atoms with van der Waals surface area (Å²) in [4.78, 5) is 33.5. The van der Waals surface area contributed by atoms with Gasteiger partial charge in [-0.2, -0.15) is 0 Å². The molecule has 0 unspecified atom stereocenters. The van der Waals surface area contributed by atoms with E-state index in [9.17, 15) is 14.0 Å². The van der Waals surface area contributed by atoms with Crippen LogP contribution in [0.1, 0.15) is 35.3 Å². The summed E-state index contributed by atoms with van der Waals surface area (Å²) in [5, 5.41) is 0. The van der Waals surface area contributed by atoms with Gasteiger partial charge in [0.1, 0.15) is 11.5 Å². The van der Waals surface area contributed by atoms with Gasteiger partial charge in [-0.15, -0.1) is 0 Å². The Balaban J connectivity index is 1.49. The summed E-state index contributed by atoms with van der Waals surface area (Å²) >= 11 is 0. The average Bonchev–Trinajstić information content (AvgIpc) is 3.12. The minimum absolute atomic E-state index is 0.0355. The number of hydrogen-bond acceptors (Lipinski definition) is 3. The summed E-state index contributed by atoms with van der Waals surface area (Å²) in [7, 11) is 0. The highest BCUT2D eigenvalue weighted by Gasteiger charge is 2.49. The first-order valence-corrected chi connectivity index (χ1v) is 9.32. The van der Waals surface area contributed by atoms with Crippen molar-refractivity contribution in [3.8, 4) is 0 Å². The number of aromatic nitrogens is 1. The molecule has 0 aliphatic carbocycles. The monoisotopic (exact) mass is 367 g/mol. The van der Waals surface area contributed by atoms with Gasteiger partial charge in [-0.1, -0.05) is 24.3 Å². The number of carbonyl (C=O) groups excluding carboxylic acids is 2. The molecular weight excluding hydrogens is 345 g/mol. The summed E-state index contributed by atoms with van der Waals surface area (Å²) in [6, 6.07) is 11.8. The molecule has 0 radical (unpaired) electrons. The van der Waals surface area contributed by atoms with E-state index in [1.807, 2.05) is 0 Å². The average molecular weight is 367 g/mol. The molecule has 2 aromatic rings. The number of pyridine rings is 1. The third kappa shape index (κ3) is 3.31. The Morgan fingerprint density at radius 1 is 1.11 bits per heavy atom. The van der Waals surface area contributed by atoms with Gasteiger partial charge in [0.15, 0.2) is 0 Å². The second-order valence-electron chi connectivity index (χ2n) is 7.39. The molecule has 1 aromatic heterocycles. The lowest BCUT2D eigenvalue weighted by atomic mass is 9.78. The zero-order valence-corrected chi connectivity index (χ0v) is 15.1. The van der Waals surface area contributed by atoms with Gasteiger partial charge in [0, 0.05) is 37.9 Å². The molecule has 1 atom stereocenters. The molecule has 0 N–H and O–H groups in total. The molecule has 140 valence electrons.